The molecule has 32 heavy (non-hydrogen) atoms. The van der Waals surface area contributed by atoms with Gasteiger partial charge in [-0.25, -0.2) is 0 Å². The summed E-state index contributed by atoms with van der Waals surface area (Å²) in [7, 11) is 3.96. The summed E-state index contributed by atoms with van der Waals surface area (Å²) >= 11 is 1.29. The summed E-state index contributed by atoms with van der Waals surface area (Å²) in [6.07, 6.45) is 1.70. The third kappa shape index (κ3) is 5.56. The molecule has 0 radical (unpaired) electrons. The van der Waals surface area contributed by atoms with Crippen molar-refractivity contribution in [3.8, 4) is 0 Å². The number of carbonyl (C=O) groups is 2. The van der Waals surface area contributed by atoms with Gasteiger partial charge in [0, 0.05) is 38.4 Å². The van der Waals surface area contributed by atoms with Crippen molar-refractivity contribution >= 4 is 46.3 Å². The van der Waals surface area contributed by atoms with Crippen LogP contribution in [0.15, 0.2) is 52.6 Å². The quantitative estimate of drug-likeness (QED) is 0.644. The zero-order valence-electron chi connectivity index (χ0n) is 19.1. The van der Waals surface area contributed by atoms with Crippen LogP contribution in [0.5, 0.6) is 0 Å². The van der Waals surface area contributed by atoms with Crippen molar-refractivity contribution < 1.29 is 9.59 Å². The lowest BCUT2D eigenvalue weighted by Gasteiger charge is -2.13. The summed E-state index contributed by atoms with van der Waals surface area (Å²) in [6.45, 7) is 6.33. The first-order valence-electron chi connectivity index (χ1n) is 10.5. The molecular weight excluding hydrogens is 422 g/mol. The number of thioether (sulfide) groups is 1. The van der Waals surface area contributed by atoms with Crippen molar-refractivity contribution in [1.82, 2.24) is 5.01 Å². The lowest BCUT2D eigenvalue weighted by molar-refractivity contribution is -0.128. The average molecular weight is 452 g/mol. The fraction of sp³-hybridized carbons (Fsp3) is 0.333. The Bertz CT molecular complexity index is 1030. The number of nitrogens with one attached hydrogen (secondary N) is 1. The average Bonchev–Trinajstić information content (AvgIpc) is 3.04. The molecule has 7 nitrogen and oxygen atoms in total. The molecule has 1 aliphatic heterocycles. The third-order valence-electron chi connectivity index (χ3n) is 5.05. The molecule has 3 rings (SSSR count). The van der Waals surface area contributed by atoms with E-state index in [4.69, 9.17) is 0 Å². The van der Waals surface area contributed by atoms with Crippen LogP contribution in [-0.2, 0) is 9.59 Å². The van der Waals surface area contributed by atoms with E-state index in [1.807, 2.05) is 82.2 Å². The Labute approximate surface area is 193 Å². The maximum absolute atomic E-state index is 13.0. The van der Waals surface area contributed by atoms with Gasteiger partial charge in [-0.1, -0.05) is 42.1 Å². The molecule has 1 fully saturated rings. The second-order valence-corrected chi connectivity index (χ2v) is 8.93. The van der Waals surface area contributed by atoms with Crippen LogP contribution in [0.1, 0.15) is 30.0 Å². The van der Waals surface area contributed by atoms with E-state index >= 15 is 0 Å². The Hall–Kier alpha value is -3.13. The van der Waals surface area contributed by atoms with Gasteiger partial charge in [0.25, 0.3) is 5.91 Å². The number of hydrogen-bond acceptors (Lipinski definition) is 6. The summed E-state index contributed by atoms with van der Waals surface area (Å²) in [6, 6.07) is 13.7. The predicted octanol–water partition coefficient (Wildman–Crippen LogP) is 4.05. The highest BCUT2D eigenvalue weighted by molar-refractivity contribution is 8.15. The van der Waals surface area contributed by atoms with Crippen LogP contribution in [0.3, 0.4) is 0 Å². The van der Waals surface area contributed by atoms with Gasteiger partial charge in [-0.3, -0.25) is 14.6 Å². The molecule has 1 aliphatic rings. The first-order chi connectivity index (χ1) is 15.3. The highest BCUT2D eigenvalue weighted by atomic mass is 32.2. The SMILES string of the molecule is CCN=C1SC(CC(=O)Nc2c(C)cccc2C)C(=O)N1/N=C/c1ccc(N(C)C)cc1. The minimum Gasteiger partial charge on any atom is -0.378 e. The van der Waals surface area contributed by atoms with E-state index < -0.39 is 5.25 Å². The molecule has 8 heteroatoms. The molecule has 2 aromatic rings. The van der Waals surface area contributed by atoms with E-state index in [1.54, 1.807) is 6.21 Å². The molecule has 0 bridgehead atoms. The van der Waals surface area contributed by atoms with Crippen molar-refractivity contribution in [3.05, 3.63) is 59.2 Å². The summed E-state index contributed by atoms with van der Waals surface area (Å²) in [5, 5.41) is 8.61. The Kier molecular flexibility index (Phi) is 7.69. The van der Waals surface area contributed by atoms with E-state index in [9.17, 15) is 9.59 Å². The zero-order valence-corrected chi connectivity index (χ0v) is 19.9. The number of para-hydroxylation sites is 1. The standard InChI is InChI=1S/C24H29N5O2S/c1-6-25-24-29(26-15-18-10-12-19(13-11-18)28(4)5)23(31)20(32-24)14-21(30)27-22-16(2)8-7-9-17(22)3/h7-13,15,20H,6,14H2,1-5H3,(H,27,30)/b25-24?,26-15+. The monoisotopic (exact) mass is 451 g/mol. The van der Waals surface area contributed by atoms with E-state index in [-0.39, 0.29) is 18.2 Å². The number of aliphatic imine (C=N–C) groups is 1. The fourth-order valence-electron chi connectivity index (χ4n) is 3.29. The van der Waals surface area contributed by atoms with E-state index in [1.165, 1.54) is 16.8 Å². The van der Waals surface area contributed by atoms with Crippen LogP contribution in [0, 0.1) is 13.8 Å². The van der Waals surface area contributed by atoms with Crippen molar-refractivity contribution in [2.45, 2.75) is 32.4 Å². The second-order valence-electron chi connectivity index (χ2n) is 7.76. The van der Waals surface area contributed by atoms with Gasteiger partial charge >= 0.3 is 0 Å². The minimum absolute atomic E-state index is 0.0591. The Balaban J connectivity index is 1.71. The van der Waals surface area contributed by atoms with Crippen LogP contribution < -0.4 is 10.2 Å². The molecule has 0 aromatic heterocycles. The molecule has 0 spiro atoms. The summed E-state index contributed by atoms with van der Waals surface area (Å²) in [5.74, 6) is -0.436. The molecule has 1 N–H and O–H groups in total. The molecule has 168 valence electrons. The van der Waals surface area contributed by atoms with Crippen molar-refractivity contribution in [2.75, 3.05) is 30.9 Å². The number of amides is 2. The van der Waals surface area contributed by atoms with Gasteiger partial charge in [-0.15, -0.1) is 0 Å². The number of aryl methyl sites for hydroxylation is 2. The molecule has 1 atom stereocenters. The predicted molar refractivity (Wildman–Crippen MR) is 134 cm³/mol. The van der Waals surface area contributed by atoms with Gasteiger partial charge < -0.3 is 10.2 Å². The second kappa shape index (κ2) is 10.5. The zero-order chi connectivity index (χ0) is 23.3. The molecule has 1 saturated heterocycles. The summed E-state index contributed by atoms with van der Waals surface area (Å²) < 4.78 is 0. The summed E-state index contributed by atoms with van der Waals surface area (Å²) in [4.78, 5) is 32.1. The van der Waals surface area contributed by atoms with Gasteiger partial charge in [0.15, 0.2) is 5.17 Å². The Morgan fingerprint density at radius 2 is 1.81 bits per heavy atom. The van der Waals surface area contributed by atoms with Crippen LogP contribution in [0.25, 0.3) is 0 Å². The first kappa shape index (κ1) is 23.5. The maximum Gasteiger partial charge on any atom is 0.263 e. The van der Waals surface area contributed by atoms with E-state index in [0.29, 0.717) is 11.7 Å². The van der Waals surface area contributed by atoms with Crippen molar-refractivity contribution in [3.63, 3.8) is 0 Å². The van der Waals surface area contributed by atoms with Gasteiger partial charge in [0.05, 0.1) is 6.21 Å². The number of carbonyl (C=O) groups excluding carboxylic acids is 2. The van der Waals surface area contributed by atoms with Crippen LogP contribution in [0.4, 0.5) is 11.4 Å². The first-order valence-corrected chi connectivity index (χ1v) is 11.4. The van der Waals surface area contributed by atoms with E-state index in [2.05, 4.69) is 15.4 Å². The van der Waals surface area contributed by atoms with E-state index in [0.717, 1.165) is 28.1 Å². The Morgan fingerprint density at radius 1 is 1.16 bits per heavy atom. The number of hydrogen-bond donors (Lipinski definition) is 1. The van der Waals surface area contributed by atoms with Crippen LogP contribution in [-0.4, -0.2) is 54.1 Å². The molecule has 0 aliphatic carbocycles. The highest BCUT2D eigenvalue weighted by Crippen LogP contribution is 2.30. The topological polar surface area (TPSA) is 77.4 Å². The molecule has 1 unspecified atom stereocenters. The molecule has 0 saturated carbocycles. The number of rotatable bonds is 7. The molecular formula is C24H29N5O2S. The maximum atomic E-state index is 13.0. The van der Waals surface area contributed by atoms with Gasteiger partial charge in [-0.2, -0.15) is 10.1 Å². The lowest BCUT2D eigenvalue weighted by Crippen LogP contribution is -2.30. The number of hydrazone groups is 1. The van der Waals surface area contributed by atoms with Crippen molar-refractivity contribution in [1.29, 1.82) is 0 Å². The number of anilines is 2. The minimum atomic E-state index is -0.558. The summed E-state index contributed by atoms with van der Waals surface area (Å²) in [5.41, 5.74) is 4.73. The number of amidine groups is 1. The third-order valence-corrected chi connectivity index (χ3v) is 6.22. The highest BCUT2D eigenvalue weighted by Gasteiger charge is 2.39. The smallest absolute Gasteiger partial charge is 0.263 e. The fourth-order valence-corrected chi connectivity index (χ4v) is 4.42. The normalized spacial score (nSPS) is 17.4. The lowest BCUT2D eigenvalue weighted by atomic mass is 10.1. The molecule has 2 amide bonds. The number of benzene rings is 2. The Morgan fingerprint density at radius 3 is 2.41 bits per heavy atom. The van der Waals surface area contributed by atoms with Crippen molar-refractivity contribution in [2.24, 2.45) is 10.1 Å². The molecule has 1 heterocycles. The molecule has 2 aromatic carbocycles. The number of nitrogens with zero attached hydrogens (tertiary/aromatic N) is 4. The van der Waals surface area contributed by atoms with Gasteiger partial charge in [0.1, 0.15) is 5.25 Å². The van der Waals surface area contributed by atoms with Gasteiger partial charge in [0.2, 0.25) is 5.91 Å². The van der Waals surface area contributed by atoms with Crippen LogP contribution in [0.2, 0.25) is 0 Å². The van der Waals surface area contributed by atoms with Gasteiger partial charge in [-0.05, 0) is 49.6 Å². The van der Waals surface area contributed by atoms with Crippen LogP contribution >= 0.6 is 11.8 Å². The largest absolute Gasteiger partial charge is 0.378 e.